The molecule has 1 heterocycles. The number of fused-ring (bicyclic) bond motifs is 1. The maximum Gasteiger partial charge on any atom is 0.411 e. The first-order chi connectivity index (χ1) is 13.5. The third kappa shape index (κ3) is 3.76. The molecule has 3 N–H and O–H groups in total. The molecular formula is C22H27N3O3. The minimum absolute atomic E-state index is 0.128. The predicted octanol–water partition coefficient (Wildman–Crippen LogP) is 5.27. The van der Waals surface area contributed by atoms with E-state index in [1.54, 1.807) is 7.11 Å². The maximum absolute atomic E-state index is 12.1. The van der Waals surface area contributed by atoms with Crippen molar-refractivity contribution in [3.63, 3.8) is 0 Å². The molecule has 3 rings (SSSR count). The molecule has 0 radical (unpaired) electrons. The third-order valence-corrected chi connectivity index (χ3v) is 4.89. The van der Waals surface area contributed by atoms with E-state index in [4.69, 9.17) is 15.2 Å². The number of carbonyl (C=O) groups excluding carboxylic acids is 1. The fourth-order valence-corrected chi connectivity index (χ4v) is 3.28. The Bertz CT molecular complexity index is 994. The Morgan fingerprint density at radius 1 is 1.21 bits per heavy atom. The van der Waals surface area contributed by atoms with Gasteiger partial charge in [0, 0.05) is 29.2 Å². The van der Waals surface area contributed by atoms with Crippen LogP contribution in [-0.4, -0.2) is 23.9 Å². The molecule has 0 saturated carbocycles. The van der Waals surface area contributed by atoms with E-state index >= 15 is 0 Å². The number of ether oxygens (including phenoxy) is 2. The van der Waals surface area contributed by atoms with Gasteiger partial charge in [-0.3, -0.25) is 5.32 Å². The summed E-state index contributed by atoms with van der Waals surface area (Å²) in [5, 5.41) is 3.77. The number of anilines is 2. The number of nitrogen functional groups attached to an aromatic ring is 1. The summed E-state index contributed by atoms with van der Waals surface area (Å²) in [6.07, 6.45) is 0.182. The Balaban J connectivity index is 2.01. The predicted molar refractivity (Wildman–Crippen MR) is 114 cm³/mol. The zero-order chi connectivity index (χ0) is 20.3. The van der Waals surface area contributed by atoms with Gasteiger partial charge in [0.2, 0.25) is 0 Å². The molecule has 148 valence electrons. The molecule has 0 bridgehead atoms. The van der Waals surface area contributed by atoms with E-state index in [1.165, 1.54) is 0 Å². The van der Waals surface area contributed by atoms with Gasteiger partial charge in [-0.05, 0) is 44.5 Å². The number of carbonyl (C=O) groups is 1. The van der Waals surface area contributed by atoms with Crippen molar-refractivity contribution in [3.05, 3.63) is 42.5 Å². The highest BCUT2D eigenvalue weighted by molar-refractivity contribution is 6.02. The van der Waals surface area contributed by atoms with E-state index in [1.807, 2.05) is 56.3 Å². The molecule has 28 heavy (non-hydrogen) atoms. The SMILES string of the molecule is CCC(C)OC(=O)Nc1cccc(-c2c(N)c3ccc(OC)cc3n2CC)c1. The number of nitrogens with zero attached hydrogens (tertiary/aromatic N) is 1. The second-order valence-electron chi connectivity index (χ2n) is 6.72. The highest BCUT2D eigenvalue weighted by Gasteiger charge is 2.17. The lowest BCUT2D eigenvalue weighted by atomic mass is 10.1. The monoisotopic (exact) mass is 381 g/mol. The van der Waals surface area contributed by atoms with E-state index in [2.05, 4.69) is 16.8 Å². The van der Waals surface area contributed by atoms with Gasteiger partial charge in [-0.2, -0.15) is 0 Å². The molecule has 0 aliphatic rings. The summed E-state index contributed by atoms with van der Waals surface area (Å²) in [5.41, 5.74) is 10.7. The summed E-state index contributed by atoms with van der Waals surface area (Å²) < 4.78 is 12.8. The molecule has 2 aromatic carbocycles. The van der Waals surface area contributed by atoms with Crippen LogP contribution in [0, 0.1) is 0 Å². The topological polar surface area (TPSA) is 78.5 Å². The molecule has 1 amide bonds. The van der Waals surface area contributed by atoms with Crippen LogP contribution in [0.2, 0.25) is 0 Å². The number of nitrogens with two attached hydrogens (primary N) is 1. The Morgan fingerprint density at radius 2 is 2.00 bits per heavy atom. The fraction of sp³-hybridized carbons (Fsp3) is 0.318. The maximum atomic E-state index is 12.1. The van der Waals surface area contributed by atoms with E-state index < -0.39 is 6.09 Å². The molecule has 0 aliphatic carbocycles. The van der Waals surface area contributed by atoms with Crippen LogP contribution in [0.3, 0.4) is 0 Å². The number of hydrogen-bond acceptors (Lipinski definition) is 4. The molecule has 0 aliphatic heterocycles. The number of amides is 1. The van der Waals surface area contributed by atoms with Gasteiger partial charge >= 0.3 is 6.09 Å². The lowest BCUT2D eigenvalue weighted by Crippen LogP contribution is -2.19. The van der Waals surface area contributed by atoms with Crippen molar-refractivity contribution in [3.8, 4) is 17.0 Å². The quantitative estimate of drug-likeness (QED) is 0.610. The van der Waals surface area contributed by atoms with Crippen LogP contribution in [-0.2, 0) is 11.3 Å². The van der Waals surface area contributed by atoms with Crippen LogP contribution in [0.25, 0.3) is 22.2 Å². The zero-order valence-corrected chi connectivity index (χ0v) is 16.8. The largest absolute Gasteiger partial charge is 0.497 e. The number of aromatic nitrogens is 1. The average Bonchev–Trinajstić information content (AvgIpc) is 2.98. The van der Waals surface area contributed by atoms with E-state index in [9.17, 15) is 4.79 Å². The van der Waals surface area contributed by atoms with Crippen molar-refractivity contribution in [2.24, 2.45) is 0 Å². The Hall–Kier alpha value is -3.15. The number of aryl methyl sites for hydroxylation is 1. The van der Waals surface area contributed by atoms with Gasteiger partial charge in [-0.15, -0.1) is 0 Å². The molecule has 1 unspecified atom stereocenters. The van der Waals surface area contributed by atoms with Crippen molar-refractivity contribution in [1.29, 1.82) is 0 Å². The first kappa shape index (κ1) is 19.6. The Morgan fingerprint density at radius 3 is 2.68 bits per heavy atom. The van der Waals surface area contributed by atoms with Gasteiger partial charge < -0.3 is 19.8 Å². The van der Waals surface area contributed by atoms with Crippen LogP contribution in [0.4, 0.5) is 16.2 Å². The van der Waals surface area contributed by atoms with Crippen molar-refractivity contribution in [1.82, 2.24) is 4.57 Å². The molecule has 1 aromatic heterocycles. The van der Waals surface area contributed by atoms with Gasteiger partial charge in [0.15, 0.2) is 0 Å². The van der Waals surface area contributed by atoms with Crippen LogP contribution in [0.1, 0.15) is 27.2 Å². The zero-order valence-electron chi connectivity index (χ0n) is 16.8. The van der Waals surface area contributed by atoms with Crippen LogP contribution >= 0.6 is 0 Å². The second kappa shape index (κ2) is 8.25. The van der Waals surface area contributed by atoms with E-state index in [-0.39, 0.29) is 6.10 Å². The molecular weight excluding hydrogens is 354 g/mol. The highest BCUT2D eigenvalue weighted by Crippen LogP contribution is 2.38. The Kier molecular flexibility index (Phi) is 5.78. The standard InChI is InChI=1S/C22H27N3O3/c1-5-14(3)28-22(26)24-16-9-7-8-15(12-16)21-20(23)18-11-10-17(27-4)13-19(18)25(21)6-2/h7-14H,5-6,23H2,1-4H3,(H,24,26). The molecule has 0 spiro atoms. The number of methoxy groups -OCH3 is 1. The normalized spacial score (nSPS) is 12.0. The van der Waals surface area contributed by atoms with Gasteiger partial charge in [-0.25, -0.2) is 4.79 Å². The number of nitrogens with one attached hydrogen (secondary N) is 1. The first-order valence-corrected chi connectivity index (χ1v) is 9.52. The smallest absolute Gasteiger partial charge is 0.411 e. The number of hydrogen-bond donors (Lipinski definition) is 2. The summed E-state index contributed by atoms with van der Waals surface area (Å²) in [4.78, 5) is 12.1. The van der Waals surface area contributed by atoms with Crippen molar-refractivity contribution < 1.29 is 14.3 Å². The van der Waals surface area contributed by atoms with Crippen LogP contribution in [0.15, 0.2) is 42.5 Å². The number of benzene rings is 2. The minimum atomic E-state index is -0.458. The van der Waals surface area contributed by atoms with Gasteiger partial charge in [0.25, 0.3) is 0 Å². The first-order valence-electron chi connectivity index (χ1n) is 9.52. The molecule has 6 nitrogen and oxygen atoms in total. The van der Waals surface area contributed by atoms with Gasteiger partial charge in [0.05, 0.1) is 24.0 Å². The fourth-order valence-electron chi connectivity index (χ4n) is 3.28. The molecule has 0 saturated heterocycles. The summed E-state index contributed by atoms with van der Waals surface area (Å²) in [6.45, 7) is 6.67. The summed E-state index contributed by atoms with van der Waals surface area (Å²) >= 11 is 0. The van der Waals surface area contributed by atoms with Crippen molar-refractivity contribution in [2.75, 3.05) is 18.2 Å². The van der Waals surface area contributed by atoms with Gasteiger partial charge in [0.1, 0.15) is 11.9 Å². The van der Waals surface area contributed by atoms with Gasteiger partial charge in [-0.1, -0.05) is 19.1 Å². The minimum Gasteiger partial charge on any atom is -0.497 e. The van der Waals surface area contributed by atoms with E-state index in [0.717, 1.165) is 40.9 Å². The summed E-state index contributed by atoms with van der Waals surface area (Å²) in [6, 6.07) is 13.5. The average molecular weight is 381 g/mol. The van der Waals surface area contributed by atoms with E-state index in [0.29, 0.717) is 11.4 Å². The highest BCUT2D eigenvalue weighted by atomic mass is 16.6. The second-order valence-corrected chi connectivity index (χ2v) is 6.72. The Labute approximate surface area is 165 Å². The number of rotatable bonds is 6. The van der Waals surface area contributed by atoms with Crippen LogP contribution in [0.5, 0.6) is 5.75 Å². The van der Waals surface area contributed by atoms with Crippen molar-refractivity contribution in [2.45, 2.75) is 39.8 Å². The molecule has 0 fully saturated rings. The summed E-state index contributed by atoms with van der Waals surface area (Å²) in [5.74, 6) is 0.787. The van der Waals surface area contributed by atoms with Crippen LogP contribution < -0.4 is 15.8 Å². The summed E-state index contributed by atoms with van der Waals surface area (Å²) in [7, 11) is 1.65. The molecule has 3 aromatic rings. The lowest BCUT2D eigenvalue weighted by Gasteiger charge is -2.13. The third-order valence-electron chi connectivity index (χ3n) is 4.89. The molecule has 1 atom stereocenters. The lowest BCUT2D eigenvalue weighted by molar-refractivity contribution is 0.118. The molecule has 6 heteroatoms. The van der Waals surface area contributed by atoms with Crippen molar-refractivity contribution >= 4 is 28.4 Å².